The van der Waals surface area contributed by atoms with Gasteiger partial charge in [0.25, 0.3) is 5.91 Å². The van der Waals surface area contributed by atoms with Crippen LogP contribution in [0, 0.1) is 5.92 Å². The first-order valence-electron chi connectivity index (χ1n) is 9.67. The predicted molar refractivity (Wildman–Crippen MR) is 102 cm³/mol. The maximum atomic E-state index is 12.9. The number of rotatable bonds is 5. The van der Waals surface area contributed by atoms with E-state index in [0.29, 0.717) is 37.7 Å². The van der Waals surface area contributed by atoms with Gasteiger partial charge in [-0.15, -0.1) is 0 Å². The number of hydrogen-bond donors (Lipinski definition) is 0. The predicted octanol–water partition coefficient (Wildman–Crippen LogP) is 0.495. The first-order valence-corrected chi connectivity index (χ1v) is 11.2. The molecule has 0 radical (unpaired) electrons. The summed E-state index contributed by atoms with van der Waals surface area (Å²) in [5.41, 5.74) is 0.611. The van der Waals surface area contributed by atoms with Crippen molar-refractivity contribution in [2.45, 2.75) is 11.7 Å². The molecule has 7 nitrogen and oxygen atoms in total. The summed E-state index contributed by atoms with van der Waals surface area (Å²) in [7, 11) is -3.33. The highest BCUT2D eigenvalue weighted by Gasteiger charge is 2.44. The Hall–Kier alpha value is -1.48. The molecule has 0 aliphatic carbocycles. The first-order chi connectivity index (χ1) is 13.0. The minimum atomic E-state index is -3.33. The molecule has 0 aromatic heterocycles. The molecule has 0 N–H and O–H groups in total. The van der Waals surface area contributed by atoms with E-state index in [9.17, 15) is 13.2 Å². The summed E-state index contributed by atoms with van der Waals surface area (Å²) in [4.78, 5) is 16.4. The van der Waals surface area contributed by atoms with Gasteiger partial charge in [-0.25, -0.2) is 12.7 Å². The molecule has 1 aromatic carbocycles. The number of nitrogens with zero attached hydrogens (tertiary/aromatic N) is 3. The van der Waals surface area contributed by atoms with Crippen LogP contribution in [0.4, 0.5) is 0 Å². The SMILES string of the molecule is O=C(c1ccccc1)N1CC(S(=O)(=O)N2CC[C@@H](CN3CCOCC3)C2)C1. The van der Waals surface area contributed by atoms with Gasteiger partial charge in [-0.1, -0.05) is 18.2 Å². The molecule has 3 aliphatic rings. The number of benzene rings is 1. The van der Waals surface area contributed by atoms with Crippen molar-refractivity contribution in [3.05, 3.63) is 35.9 Å². The monoisotopic (exact) mass is 393 g/mol. The minimum absolute atomic E-state index is 0.0892. The highest BCUT2D eigenvalue weighted by molar-refractivity contribution is 7.89. The summed E-state index contributed by atoms with van der Waals surface area (Å²) in [6.07, 6.45) is 0.913. The van der Waals surface area contributed by atoms with Gasteiger partial charge in [0.2, 0.25) is 10.0 Å². The molecule has 0 bridgehead atoms. The summed E-state index contributed by atoms with van der Waals surface area (Å²) in [5.74, 6) is 0.300. The quantitative estimate of drug-likeness (QED) is 0.728. The number of hydrogen-bond acceptors (Lipinski definition) is 5. The Labute approximate surface area is 160 Å². The molecular weight excluding hydrogens is 366 g/mol. The highest BCUT2D eigenvalue weighted by Crippen LogP contribution is 2.27. The van der Waals surface area contributed by atoms with Crippen molar-refractivity contribution < 1.29 is 17.9 Å². The number of carbonyl (C=O) groups is 1. The van der Waals surface area contributed by atoms with Crippen molar-refractivity contribution in [2.24, 2.45) is 5.92 Å². The number of morpholine rings is 1. The summed E-state index contributed by atoms with van der Waals surface area (Å²) in [5, 5.41) is -0.465. The van der Waals surface area contributed by atoms with E-state index in [1.165, 1.54) is 0 Å². The molecule has 0 spiro atoms. The van der Waals surface area contributed by atoms with Crippen LogP contribution in [0.15, 0.2) is 30.3 Å². The Morgan fingerprint density at radius 2 is 1.74 bits per heavy atom. The normalized spacial score (nSPS) is 25.5. The zero-order valence-electron chi connectivity index (χ0n) is 15.5. The van der Waals surface area contributed by atoms with Crippen molar-refractivity contribution in [3.8, 4) is 0 Å². The largest absolute Gasteiger partial charge is 0.379 e. The Morgan fingerprint density at radius 3 is 2.44 bits per heavy atom. The van der Waals surface area contributed by atoms with E-state index in [1.54, 1.807) is 21.3 Å². The van der Waals surface area contributed by atoms with Gasteiger partial charge in [0, 0.05) is 51.4 Å². The van der Waals surface area contributed by atoms with Crippen molar-refractivity contribution in [1.82, 2.24) is 14.1 Å². The fraction of sp³-hybridized carbons (Fsp3) is 0.632. The summed E-state index contributed by atoms with van der Waals surface area (Å²) in [6, 6.07) is 9.03. The first kappa shape index (κ1) is 18.9. The molecule has 1 atom stereocenters. The van der Waals surface area contributed by atoms with Crippen LogP contribution in [0.1, 0.15) is 16.8 Å². The second kappa shape index (κ2) is 7.87. The van der Waals surface area contributed by atoms with Crippen LogP contribution >= 0.6 is 0 Å². The van der Waals surface area contributed by atoms with Gasteiger partial charge in [0.1, 0.15) is 5.25 Å². The smallest absolute Gasteiger partial charge is 0.253 e. The number of likely N-dealkylation sites (tertiary alicyclic amines) is 1. The molecule has 0 unspecified atom stereocenters. The molecule has 0 saturated carbocycles. The average Bonchev–Trinajstić information content (AvgIpc) is 3.11. The van der Waals surface area contributed by atoms with E-state index in [1.807, 2.05) is 18.2 Å². The number of carbonyl (C=O) groups excluding carboxylic acids is 1. The lowest BCUT2D eigenvalue weighted by atomic mass is 10.1. The zero-order valence-corrected chi connectivity index (χ0v) is 16.3. The van der Waals surface area contributed by atoms with Crippen LogP contribution in [0.3, 0.4) is 0 Å². The lowest BCUT2D eigenvalue weighted by Crippen LogP contribution is -2.59. The highest BCUT2D eigenvalue weighted by atomic mass is 32.2. The van der Waals surface area contributed by atoms with E-state index in [-0.39, 0.29) is 5.91 Å². The van der Waals surface area contributed by atoms with Crippen LogP contribution in [-0.4, -0.2) is 92.7 Å². The molecular formula is C19H27N3O4S. The molecule has 1 aromatic rings. The average molecular weight is 394 g/mol. The standard InChI is InChI=1S/C19H27N3O4S/c23-19(17-4-2-1-3-5-17)21-14-18(15-21)27(24,25)22-7-6-16(13-22)12-20-8-10-26-11-9-20/h1-5,16,18H,6-15H2/t16-/m0/s1. The summed E-state index contributed by atoms with van der Waals surface area (Å²) >= 11 is 0. The second-order valence-electron chi connectivity index (χ2n) is 7.67. The Bertz CT molecular complexity index is 758. The van der Waals surface area contributed by atoms with E-state index >= 15 is 0 Å². The molecule has 8 heteroatoms. The van der Waals surface area contributed by atoms with Crippen LogP contribution in [0.5, 0.6) is 0 Å². The molecule has 4 rings (SSSR count). The third-order valence-corrected chi connectivity index (χ3v) is 8.00. The van der Waals surface area contributed by atoms with Gasteiger partial charge in [-0.3, -0.25) is 9.69 Å². The van der Waals surface area contributed by atoms with E-state index in [4.69, 9.17) is 4.74 Å². The van der Waals surface area contributed by atoms with Gasteiger partial charge >= 0.3 is 0 Å². The van der Waals surface area contributed by atoms with E-state index in [2.05, 4.69) is 4.90 Å². The summed E-state index contributed by atoms with van der Waals surface area (Å²) < 4.78 is 32.8. The molecule has 3 aliphatic heterocycles. The van der Waals surface area contributed by atoms with Gasteiger partial charge in [0.15, 0.2) is 0 Å². The second-order valence-corrected chi connectivity index (χ2v) is 9.88. The fourth-order valence-corrected chi connectivity index (χ4v) is 6.03. The minimum Gasteiger partial charge on any atom is -0.379 e. The van der Waals surface area contributed by atoms with Crippen LogP contribution in [-0.2, 0) is 14.8 Å². The molecule has 148 valence electrons. The Morgan fingerprint density at radius 1 is 1.04 bits per heavy atom. The number of amides is 1. The van der Waals surface area contributed by atoms with Gasteiger partial charge in [0.05, 0.1) is 13.2 Å². The van der Waals surface area contributed by atoms with Gasteiger partial charge < -0.3 is 9.64 Å². The van der Waals surface area contributed by atoms with Crippen molar-refractivity contribution >= 4 is 15.9 Å². The molecule has 3 fully saturated rings. The maximum Gasteiger partial charge on any atom is 0.253 e. The van der Waals surface area contributed by atoms with Gasteiger partial charge in [-0.2, -0.15) is 0 Å². The molecule has 1 amide bonds. The van der Waals surface area contributed by atoms with Crippen molar-refractivity contribution in [1.29, 1.82) is 0 Å². The topological polar surface area (TPSA) is 70.2 Å². The lowest BCUT2D eigenvalue weighted by molar-refractivity contribution is 0.0315. The molecule has 3 heterocycles. The summed E-state index contributed by atoms with van der Waals surface area (Å²) in [6.45, 7) is 6.12. The number of sulfonamides is 1. The van der Waals surface area contributed by atoms with E-state index < -0.39 is 15.3 Å². The third kappa shape index (κ3) is 4.03. The zero-order chi connectivity index (χ0) is 18.9. The third-order valence-electron chi connectivity index (χ3n) is 5.81. The molecule has 3 saturated heterocycles. The van der Waals surface area contributed by atoms with Crippen molar-refractivity contribution in [2.75, 3.05) is 59.0 Å². The van der Waals surface area contributed by atoms with Gasteiger partial charge in [-0.05, 0) is 24.5 Å². The molecule has 27 heavy (non-hydrogen) atoms. The fourth-order valence-electron chi connectivity index (χ4n) is 4.09. The maximum absolute atomic E-state index is 12.9. The Kier molecular flexibility index (Phi) is 5.50. The number of ether oxygens (including phenoxy) is 1. The van der Waals surface area contributed by atoms with Crippen LogP contribution < -0.4 is 0 Å². The lowest BCUT2D eigenvalue weighted by Gasteiger charge is -2.40. The Balaban J connectivity index is 1.29. The van der Waals surface area contributed by atoms with Crippen LogP contribution in [0.2, 0.25) is 0 Å². The van der Waals surface area contributed by atoms with Crippen molar-refractivity contribution in [3.63, 3.8) is 0 Å². The van der Waals surface area contributed by atoms with Crippen LogP contribution in [0.25, 0.3) is 0 Å². The van der Waals surface area contributed by atoms with E-state index in [0.717, 1.165) is 39.3 Å².